The summed E-state index contributed by atoms with van der Waals surface area (Å²) in [7, 11) is 0. The summed E-state index contributed by atoms with van der Waals surface area (Å²) >= 11 is 0. The maximum atomic E-state index is 13.7. The van der Waals surface area contributed by atoms with E-state index in [4.69, 9.17) is 9.47 Å². The molecule has 0 aliphatic rings. The highest BCUT2D eigenvalue weighted by atomic mass is 19.1. The lowest BCUT2D eigenvalue weighted by Crippen LogP contribution is -2.52. The number of carbonyl (C=O) groups excluding carboxylic acids is 2. The van der Waals surface area contributed by atoms with Crippen LogP contribution in [0.15, 0.2) is 103 Å². The first-order valence-electron chi connectivity index (χ1n) is 13.8. The topological polar surface area (TPSA) is 114 Å². The minimum absolute atomic E-state index is 0.0135. The van der Waals surface area contributed by atoms with Crippen LogP contribution in [0, 0.1) is 5.82 Å². The van der Waals surface area contributed by atoms with E-state index < -0.39 is 35.7 Å². The quantitative estimate of drug-likeness (QED) is 0.195. The van der Waals surface area contributed by atoms with Gasteiger partial charge in [0.15, 0.2) is 11.5 Å². The van der Waals surface area contributed by atoms with E-state index in [1.807, 2.05) is 60.7 Å². The summed E-state index contributed by atoms with van der Waals surface area (Å²) in [6.45, 7) is 1.83. The molecule has 0 heterocycles. The smallest absolute Gasteiger partial charge is 0.326 e. The number of carbonyl (C=O) groups is 3. The minimum Gasteiger partial charge on any atom is -0.485 e. The average molecular weight is 585 g/mol. The Bertz CT molecular complexity index is 1530. The highest BCUT2D eigenvalue weighted by Gasteiger charge is 2.27. The fourth-order valence-electron chi connectivity index (χ4n) is 4.44. The molecule has 222 valence electrons. The van der Waals surface area contributed by atoms with Gasteiger partial charge in [0.1, 0.15) is 31.1 Å². The number of hydrogen-bond acceptors (Lipinski definition) is 5. The minimum atomic E-state index is -1.31. The third kappa shape index (κ3) is 9.71. The van der Waals surface area contributed by atoms with Crippen molar-refractivity contribution >= 4 is 17.8 Å². The maximum absolute atomic E-state index is 13.7. The number of carboxylic acids is 1. The molecule has 0 saturated heterocycles. The van der Waals surface area contributed by atoms with Crippen LogP contribution in [0.2, 0.25) is 0 Å². The van der Waals surface area contributed by atoms with Gasteiger partial charge in [0.2, 0.25) is 11.8 Å². The zero-order valence-corrected chi connectivity index (χ0v) is 23.7. The molecule has 9 heteroatoms. The Morgan fingerprint density at radius 2 is 1.23 bits per heavy atom. The van der Waals surface area contributed by atoms with E-state index in [0.717, 1.165) is 11.1 Å². The summed E-state index contributed by atoms with van der Waals surface area (Å²) in [5.74, 6) is -2.00. The predicted octanol–water partition coefficient (Wildman–Crippen LogP) is 4.84. The van der Waals surface area contributed by atoms with Crippen LogP contribution in [0.1, 0.15) is 29.2 Å². The van der Waals surface area contributed by atoms with Crippen LogP contribution in [-0.4, -0.2) is 35.0 Å². The molecule has 0 saturated carbocycles. The van der Waals surface area contributed by atoms with Gasteiger partial charge in [-0.15, -0.1) is 0 Å². The van der Waals surface area contributed by atoms with Crippen molar-refractivity contribution in [3.8, 4) is 11.5 Å². The lowest BCUT2D eigenvalue weighted by atomic mass is 10.0. The molecule has 0 unspecified atom stereocenters. The summed E-state index contributed by atoms with van der Waals surface area (Å²) in [6, 6.07) is 27.6. The second-order valence-electron chi connectivity index (χ2n) is 10.0. The fraction of sp³-hybridized carbons (Fsp3) is 0.206. The molecule has 0 bridgehead atoms. The number of benzene rings is 4. The van der Waals surface area contributed by atoms with Gasteiger partial charge >= 0.3 is 5.97 Å². The Morgan fingerprint density at radius 3 is 1.81 bits per heavy atom. The van der Waals surface area contributed by atoms with Gasteiger partial charge in [0, 0.05) is 19.8 Å². The first kappa shape index (κ1) is 30.8. The molecule has 4 aromatic carbocycles. The molecule has 43 heavy (non-hydrogen) atoms. The van der Waals surface area contributed by atoms with Gasteiger partial charge in [-0.1, -0.05) is 78.9 Å². The van der Waals surface area contributed by atoms with E-state index in [0.29, 0.717) is 29.2 Å². The van der Waals surface area contributed by atoms with Crippen molar-refractivity contribution < 1.29 is 33.4 Å². The molecule has 3 N–H and O–H groups in total. The lowest BCUT2D eigenvalue weighted by Gasteiger charge is -2.22. The van der Waals surface area contributed by atoms with Gasteiger partial charge in [-0.2, -0.15) is 0 Å². The third-order valence-electron chi connectivity index (χ3n) is 6.56. The van der Waals surface area contributed by atoms with E-state index in [-0.39, 0.29) is 19.4 Å². The number of ether oxygens (including phenoxy) is 2. The molecule has 4 rings (SSSR count). The zero-order chi connectivity index (χ0) is 30.6. The molecule has 0 fully saturated rings. The molecule has 0 radical (unpaired) electrons. The van der Waals surface area contributed by atoms with Crippen LogP contribution in [0.25, 0.3) is 0 Å². The fourth-order valence-corrected chi connectivity index (χ4v) is 4.44. The molecule has 0 aliphatic heterocycles. The highest BCUT2D eigenvalue weighted by molar-refractivity contribution is 5.90. The molecular weight excluding hydrogens is 551 g/mol. The predicted molar refractivity (Wildman–Crippen MR) is 159 cm³/mol. The summed E-state index contributed by atoms with van der Waals surface area (Å²) < 4.78 is 25.8. The van der Waals surface area contributed by atoms with E-state index >= 15 is 0 Å². The number of carboxylic acid groups (broad SMARTS) is 1. The monoisotopic (exact) mass is 584 g/mol. The summed E-state index contributed by atoms with van der Waals surface area (Å²) in [5, 5.41) is 15.0. The van der Waals surface area contributed by atoms with Crippen molar-refractivity contribution in [2.75, 3.05) is 0 Å². The molecule has 8 nitrogen and oxygen atoms in total. The number of hydrogen-bond donors (Lipinski definition) is 3. The zero-order valence-electron chi connectivity index (χ0n) is 23.7. The Morgan fingerprint density at radius 1 is 0.674 bits per heavy atom. The number of aliphatic carboxylic acids is 1. The van der Waals surface area contributed by atoms with E-state index in [2.05, 4.69) is 10.6 Å². The van der Waals surface area contributed by atoms with Crippen LogP contribution in [0.4, 0.5) is 4.39 Å². The van der Waals surface area contributed by atoms with Crippen molar-refractivity contribution in [3.63, 3.8) is 0 Å². The Labute approximate surface area is 249 Å². The Kier molecular flexibility index (Phi) is 10.9. The van der Waals surface area contributed by atoms with Crippen LogP contribution in [-0.2, 0) is 40.4 Å². The molecule has 2 amide bonds. The van der Waals surface area contributed by atoms with Gasteiger partial charge < -0.3 is 25.2 Å². The Balaban J connectivity index is 1.51. The van der Waals surface area contributed by atoms with Gasteiger partial charge in [-0.3, -0.25) is 9.59 Å². The summed E-state index contributed by atoms with van der Waals surface area (Å²) in [6.07, 6.45) is -0.0745. The maximum Gasteiger partial charge on any atom is 0.326 e. The van der Waals surface area contributed by atoms with Gasteiger partial charge in [0.05, 0.1) is 0 Å². The standard InChI is InChI=1S/C34H33FN2O6/c1-23(38)36-29(18-26-13-8-14-28(35)17-26)33(39)37-30(34(40)41)19-27-15-16-31(42-21-24-9-4-2-5-10-24)32(20-27)43-22-25-11-6-3-7-12-25/h2-17,20,29-30H,18-19,21-22H2,1H3,(H,36,38)(H,37,39)(H,40,41)/t29-,30+/m0/s1. The third-order valence-corrected chi connectivity index (χ3v) is 6.56. The first-order chi connectivity index (χ1) is 20.8. The van der Waals surface area contributed by atoms with Crippen LogP contribution in [0.3, 0.4) is 0 Å². The number of nitrogens with one attached hydrogen (secondary N) is 2. The van der Waals surface area contributed by atoms with Crippen LogP contribution in [0.5, 0.6) is 11.5 Å². The molecule has 0 aliphatic carbocycles. The van der Waals surface area contributed by atoms with E-state index in [1.165, 1.54) is 25.1 Å². The highest BCUT2D eigenvalue weighted by Crippen LogP contribution is 2.30. The van der Waals surface area contributed by atoms with Gasteiger partial charge in [-0.25, -0.2) is 9.18 Å². The first-order valence-corrected chi connectivity index (χ1v) is 13.8. The second-order valence-corrected chi connectivity index (χ2v) is 10.0. The number of halogens is 1. The molecule has 2 atom stereocenters. The van der Waals surface area contributed by atoms with Gasteiger partial charge in [-0.05, 0) is 46.5 Å². The largest absolute Gasteiger partial charge is 0.485 e. The SMILES string of the molecule is CC(=O)N[C@@H](Cc1cccc(F)c1)C(=O)N[C@H](Cc1ccc(OCc2ccccc2)c(OCc2ccccc2)c1)C(=O)O. The number of rotatable bonds is 14. The van der Waals surface area contributed by atoms with Crippen molar-refractivity contribution in [2.45, 2.75) is 45.1 Å². The van der Waals surface area contributed by atoms with Crippen LogP contribution < -0.4 is 20.1 Å². The van der Waals surface area contributed by atoms with Crippen molar-refractivity contribution in [3.05, 3.63) is 131 Å². The Hall–Kier alpha value is -5.18. The van der Waals surface area contributed by atoms with Crippen LogP contribution >= 0.6 is 0 Å². The van der Waals surface area contributed by atoms with E-state index in [1.54, 1.807) is 24.3 Å². The molecule has 4 aromatic rings. The van der Waals surface area contributed by atoms with Crippen molar-refractivity contribution in [1.82, 2.24) is 10.6 Å². The molecule has 0 aromatic heterocycles. The van der Waals surface area contributed by atoms with Crippen molar-refractivity contribution in [2.24, 2.45) is 0 Å². The van der Waals surface area contributed by atoms with E-state index in [9.17, 15) is 23.9 Å². The van der Waals surface area contributed by atoms with Crippen molar-refractivity contribution in [1.29, 1.82) is 0 Å². The average Bonchev–Trinajstić information content (AvgIpc) is 2.99. The second kappa shape index (κ2) is 15.2. The normalized spacial score (nSPS) is 12.0. The summed E-state index contributed by atoms with van der Waals surface area (Å²) in [4.78, 5) is 37.1. The molecule has 0 spiro atoms. The molecular formula is C34H33FN2O6. The lowest BCUT2D eigenvalue weighted by molar-refractivity contribution is -0.142. The summed E-state index contributed by atoms with van der Waals surface area (Å²) in [5.41, 5.74) is 2.98. The number of amides is 2. The van der Waals surface area contributed by atoms with Gasteiger partial charge in [0.25, 0.3) is 0 Å².